The number of carboxylic acid groups (broad SMARTS) is 1. The van der Waals surface area contributed by atoms with Crippen LogP contribution in [-0.2, 0) is 23.1 Å². The second kappa shape index (κ2) is 8.84. The number of carboxylic acids is 1. The van der Waals surface area contributed by atoms with Crippen molar-refractivity contribution in [2.24, 2.45) is 0 Å². The third-order valence-corrected chi connectivity index (χ3v) is 8.11. The van der Waals surface area contributed by atoms with E-state index in [1.807, 2.05) is 26.0 Å². The quantitative estimate of drug-likeness (QED) is 0.293. The molecule has 2 aromatic heterocycles. The van der Waals surface area contributed by atoms with Crippen LogP contribution in [0.25, 0.3) is 20.8 Å². The lowest BCUT2D eigenvalue weighted by Crippen LogP contribution is -2.03. The maximum atomic E-state index is 12.8. The van der Waals surface area contributed by atoms with Crippen molar-refractivity contribution in [3.05, 3.63) is 63.1 Å². The van der Waals surface area contributed by atoms with E-state index in [-0.39, 0.29) is 6.42 Å². The SMILES string of the molecule is Cc1cc(SCc2sc(-c3ccc(C(F)(F)F)cc3)nc2C)c2nc(CC(=O)O)sc2c1. The van der Waals surface area contributed by atoms with Gasteiger partial charge in [0.1, 0.15) is 10.0 Å². The number of thioether (sulfide) groups is 1. The Hall–Kier alpha value is -2.43. The van der Waals surface area contributed by atoms with Crippen molar-refractivity contribution in [1.29, 1.82) is 0 Å². The molecule has 0 bridgehead atoms. The first-order valence-electron chi connectivity index (χ1n) is 9.49. The van der Waals surface area contributed by atoms with Crippen molar-refractivity contribution in [3.63, 3.8) is 0 Å². The number of fused-ring (bicyclic) bond motifs is 1. The number of aromatic nitrogens is 2. The van der Waals surface area contributed by atoms with Crippen LogP contribution < -0.4 is 0 Å². The van der Waals surface area contributed by atoms with E-state index in [0.29, 0.717) is 21.3 Å². The Morgan fingerprint density at radius 3 is 2.47 bits per heavy atom. The molecule has 0 aliphatic heterocycles. The number of halogens is 3. The number of rotatable bonds is 6. The van der Waals surface area contributed by atoms with Gasteiger partial charge in [-0.25, -0.2) is 9.97 Å². The summed E-state index contributed by atoms with van der Waals surface area (Å²) < 4.78 is 39.4. The molecule has 0 unspecified atom stereocenters. The van der Waals surface area contributed by atoms with E-state index in [1.54, 1.807) is 11.8 Å². The number of carbonyl (C=O) groups is 1. The molecule has 32 heavy (non-hydrogen) atoms. The average molecular weight is 495 g/mol. The van der Waals surface area contributed by atoms with E-state index >= 15 is 0 Å². The van der Waals surface area contributed by atoms with Crippen molar-refractivity contribution in [3.8, 4) is 10.6 Å². The van der Waals surface area contributed by atoms with Gasteiger partial charge in [0.25, 0.3) is 0 Å². The number of hydrogen-bond acceptors (Lipinski definition) is 6. The number of aryl methyl sites for hydroxylation is 2. The molecule has 0 saturated carbocycles. The summed E-state index contributed by atoms with van der Waals surface area (Å²) in [5, 5.41) is 10.3. The third-order valence-electron chi connectivity index (χ3n) is 4.66. The van der Waals surface area contributed by atoms with Crippen LogP contribution >= 0.6 is 34.4 Å². The smallest absolute Gasteiger partial charge is 0.416 e. The summed E-state index contributed by atoms with van der Waals surface area (Å²) >= 11 is 4.44. The fraction of sp³-hybridized carbons (Fsp3) is 0.227. The van der Waals surface area contributed by atoms with Crippen LogP contribution in [0.1, 0.15) is 26.7 Å². The third kappa shape index (κ3) is 4.97. The highest BCUT2D eigenvalue weighted by Gasteiger charge is 2.30. The topological polar surface area (TPSA) is 63.1 Å². The van der Waals surface area contributed by atoms with Crippen LogP contribution in [0.5, 0.6) is 0 Å². The van der Waals surface area contributed by atoms with Gasteiger partial charge >= 0.3 is 12.1 Å². The molecule has 0 atom stereocenters. The Labute approximate surface area is 194 Å². The monoisotopic (exact) mass is 494 g/mol. The molecule has 0 amide bonds. The minimum atomic E-state index is -4.36. The largest absolute Gasteiger partial charge is 0.481 e. The van der Waals surface area contributed by atoms with Crippen molar-refractivity contribution in [2.45, 2.75) is 37.1 Å². The normalized spacial score (nSPS) is 11.9. The molecule has 1 N–H and O–H groups in total. The average Bonchev–Trinajstić information content (AvgIpc) is 3.27. The van der Waals surface area contributed by atoms with Gasteiger partial charge in [-0.2, -0.15) is 13.2 Å². The van der Waals surface area contributed by atoms with E-state index in [1.165, 1.54) is 34.8 Å². The van der Waals surface area contributed by atoms with Gasteiger partial charge in [-0.1, -0.05) is 12.1 Å². The fourth-order valence-electron chi connectivity index (χ4n) is 3.12. The minimum Gasteiger partial charge on any atom is -0.481 e. The molecule has 0 aliphatic rings. The van der Waals surface area contributed by atoms with E-state index in [0.717, 1.165) is 43.4 Å². The molecule has 0 aliphatic carbocycles. The van der Waals surface area contributed by atoms with Crippen LogP contribution in [0.3, 0.4) is 0 Å². The number of nitrogens with zero attached hydrogens (tertiary/aromatic N) is 2. The Kier molecular flexibility index (Phi) is 6.28. The number of alkyl halides is 3. The molecule has 4 aromatic rings. The summed E-state index contributed by atoms with van der Waals surface area (Å²) in [5.74, 6) is -0.278. The summed E-state index contributed by atoms with van der Waals surface area (Å²) in [6, 6.07) is 9.07. The summed E-state index contributed by atoms with van der Waals surface area (Å²) in [7, 11) is 0. The second-order valence-corrected chi connectivity index (χ2v) is 10.4. The molecular weight excluding hydrogens is 477 g/mol. The van der Waals surface area contributed by atoms with Crippen LogP contribution in [-0.4, -0.2) is 21.0 Å². The summed E-state index contributed by atoms with van der Waals surface area (Å²) in [5.41, 5.74) is 2.67. The zero-order chi connectivity index (χ0) is 23.0. The highest BCUT2D eigenvalue weighted by molar-refractivity contribution is 7.98. The second-order valence-electron chi connectivity index (χ2n) is 7.18. The molecule has 166 valence electrons. The maximum Gasteiger partial charge on any atom is 0.416 e. The van der Waals surface area contributed by atoms with Gasteiger partial charge in [-0.05, 0) is 43.7 Å². The van der Waals surface area contributed by atoms with Gasteiger partial charge in [0.15, 0.2) is 0 Å². The maximum absolute atomic E-state index is 12.8. The van der Waals surface area contributed by atoms with Crippen LogP contribution in [0, 0.1) is 13.8 Å². The van der Waals surface area contributed by atoms with Gasteiger partial charge in [-0.15, -0.1) is 34.4 Å². The predicted octanol–water partition coefficient (Wildman–Crippen LogP) is 6.97. The van der Waals surface area contributed by atoms with Crippen molar-refractivity contribution >= 4 is 50.6 Å². The van der Waals surface area contributed by atoms with Crippen LogP contribution in [0.2, 0.25) is 0 Å². The minimum absolute atomic E-state index is 0.104. The van der Waals surface area contributed by atoms with Gasteiger partial charge in [0.2, 0.25) is 0 Å². The zero-order valence-corrected chi connectivity index (χ0v) is 19.4. The van der Waals surface area contributed by atoms with Crippen LogP contribution in [0.4, 0.5) is 13.2 Å². The van der Waals surface area contributed by atoms with E-state index in [4.69, 9.17) is 5.11 Å². The number of hydrogen-bond donors (Lipinski definition) is 1. The van der Waals surface area contributed by atoms with Crippen molar-refractivity contribution in [1.82, 2.24) is 9.97 Å². The number of thiazole rings is 2. The summed E-state index contributed by atoms with van der Waals surface area (Å²) in [6.45, 7) is 3.88. The first-order chi connectivity index (χ1) is 15.1. The van der Waals surface area contributed by atoms with E-state index in [9.17, 15) is 18.0 Å². The summed E-state index contributed by atoms with van der Waals surface area (Å²) in [6.07, 6.45) is -4.47. The van der Waals surface area contributed by atoms with E-state index < -0.39 is 17.7 Å². The number of aliphatic carboxylic acids is 1. The Morgan fingerprint density at radius 1 is 1.09 bits per heavy atom. The Bertz CT molecular complexity index is 1290. The molecule has 0 radical (unpaired) electrons. The lowest BCUT2D eigenvalue weighted by Gasteiger charge is -2.06. The highest BCUT2D eigenvalue weighted by atomic mass is 32.2. The fourth-order valence-corrected chi connectivity index (χ4v) is 6.60. The Balaban J connectivity index is 1.56. The molecule has 2 aromatic carbocycles. The standard InChI is InChI=1S/C22H17F3N2O2S3/c1-11-7-15(20-16(8-11)31-18(27-20)9-19(28)29)30-10-17-12(2)26-21(32-17)13-3-5-14(6-4-13)22(23,24)25/h3-8H,9-10H2,1-2H3,(H,28,29). The van der Waals surface area contributed by atoms with Crippen LogP contribution in [0.15, 0.2) is 41.3 Å². The number of benzene rings is 2. The van der Waals surface area contributed by atoms with Gasteiger partial charge in [0.05, 0.1) is 27.9 Å². The van der Waals surface area contributed by atoms with Crippen molar-refractivity contribution < 1.29 is 23.1 Å². The lowest BCUT2D eigenvalue weighted by molar-refractivity contribution is -0.138. The molecule has 0 spiro atoms. The van der Waals surface area contributed by atoms with Gasteiger partial charge in [0, 0.05) is 21.1 Å². The molecule has 0 saturated heterocycles. The first kappa shape index (κ1) is 22.8. The zero-order valence-electron chi connectivity index (χ0n) is 17.0. The Morgan fingerprint density at radius 2 is 1.81 bits per heavy atom. The molecule has 4 rings (SSSR count). The summed E-state index contributed by atoms with van der Waals surface area (Å²) in [4.78, 5) is 22.1. The first-order valence-corrected chi connectivity index (χ1v) is 12.1. The molecule has 0 fully saturated rings. The molecule has 10 heteroatoms. The van der Waals surface area contributed by atoms with E-state index in [2.05, 4.69) is 9.97 Å². The van der Waals surface area contributed by atoms with Gasteiger partial charge < -0.3 is 5.11 Å². The van der Waals surface area contributed by atoms with Crippen molar-refractivity contribution in [2.75, 3.05) is 0 Å². The highest BCUT2D eigenvalue weighted by Crippen LogP contribution is 2.38. The molecule has 4 nitrogen and oxygen atoms in total. The lowest BCUT2D eigenvalue weighted by atomic mass is 10.1. The predicted molar refractivity (Wildman–Crippen MR) is 123 cm³/mol. The molecule has 2 heterocycles. The molecular formula is C22H17F3N2O2S3. The van der Waals surface area contributed by atoms with Gasteiger partial charge in [-0.3, -0.25) is 4.79 Å².